The summed E-state index contributed by atoms with van der Waals surface area (Å²) in [4.78, 5) is 0.784. The molecular formula is C10H10ClN3OS2. The quantitative estimate of drug-likeness (QED) is 0.870. The van der Waals surface area contributed by atoms with E-state index >= 15 is 0 Å². The molecule has 4 nitrogen and oxygen atoms in total. The van der Waals surface area contributed by atoms with Gasteiger partial charge >= 0.3 is 0 Å². The Kier molecular flexibility index (Phi) is 3.12. The van der Waals surface area contributed by atoms with Crippen molar-refractivity contribution < 1.29 is 4.74 Å². The fourth-order valence-electron chi connectivity index (χ4n) is 1.82. The minimum Gasteiger partial charge on any atom is -0.356 e. The number of hydrogen-bond donors (Lipinski definition) is 0. The van der Waals surface area contributed by atoms with Gasteiger partial charge in [-0.3, -0.25) is 0 Å². The van der Waals surface area contributed by atoms with E-state index in [1.54, 1.807) is 34.0 Å². The van der Waals surface area contributed by atoms with Gasteiger partial charge < -0.3 is 4.74 Å². The van der Waals surface area contributed by atoms with Crippen LogP contribution in [0.3, 0.4) is 0 Å². The number of thiophene rings is 1. The van der Waals surface area contributed by atoms with Gasteiger partial charge in [0, 0.05) is 11.9 Å². The Bertz CT molecular complexity index is 493. The zero-order valence-corrected chi connectivity index (χ0v) is 11.3. The fourth-order valence-corrected chi connectivity index (χ4v) is 4.29. The average Bonchev–Trinajstić information content (AvgIpc) is 2.99. The van der Waals surface area contributed by atoms with Crippen molar-refractivity contribution in [2.45, 2.75) is 11.5 Å². The monoisotopic (exact) mass is 287 g/mol. The van der Waals surface area contributed by atoms with Gasteiger partial charge in [-0.1, -0.05) is 16.8 Å². The van der Waals surface area contributed by atoms with Gasteiger partial charge in [-0.2, -0.15) is 0 Å². The number of thioether (sulfide) groups is 1. The molecule has 1 fully saturated rings. The maximum Gasteiger partial charge on any atom is 0.168 e. The highest BCUT2D eigenvalue weighted by Crippen LogP contribution is 2.46. The second-order valence-corrected chi connectivity index (χ2v) is 6.73. The molecule has 1 saturated heterocycles. The van der Waals surface area contributed by atoms with Crippen molar-refractivity contribution in [3.8, 4) is 0 Å². The summed E-state index contributed by atoms with van der Waals surface area (Å²) in [5.41, 5.74) is 0. The molecule has 17 heavy (non-hydrogen) atoms. The van der Waals surface area contributed by atoms with Gasteiger partial charge in [0.1, 0.15) is 0 Å². The number of aromatic nitrogens is 3. The van der Waals surface area contributed by atoms with E-state index in [-0.39, 0.29) is 4.93 Å². The highest BCUT2D eigenvalue weighted by molar-refractivity contribution is 8.00. The van der Waals surface area contributed by atoms with Crippen molar-refractivity contribution in [1.29, 1.82) is 0 Å². The van der Waals surface area contributed by atoms with Crippen molar-refractivity contribution in [1.82, 2.24) is 15.0 Å². The summed E-state index contributed by atoms with van der Waals surface area (Å²) in [5.74, 6) is 0.990. The molecular weight excluding hydrogens is 278 g/mol. The molecule has 0 aromatic carbocycles. The highest BCUT2D eigenvalue weighted by atomic mass is 35.5. The Morgan fingerprint density at radius 2 is 2.47 bits per heavy atom. The van der Waals surface area contributed by atoms with Gasteiger partial charge in [0.05, 0.1) is 28.6 Å². The third-order valence-electron chi connectivity index (χ3n) is 2.54. The lowest BCUT2D eigenvalue weighted by Crippen LogP contribution is -2.27. The van der Waals surface area contributed by atoms with Crippen LogP contribution in [0.4, 0.5) is 0 Å². The van der Waals surface area contributed by atoms with Crippen LogP contribution < -0.4 is 0 Å². The van der Waals surface area contributed by atoms with Crippen molar-refractivity contribution in [2.75, 3.05) is 12.4 Å². The van der Waals surface area contributed by atoms with Crippen LogP contribution in [0.1, 0.15) is 4.88 Å². The van der Waals surface area contributed by atoms with E-state index in [1.807, 2.05) is 18.3 Å². The summed E-state index contributed by atoms with van der Waals surface area (Å²) >= 11 is 9.36. The first kappa shape index (κ1) is 11.5. The van der Waals surface area contributed by atoms with Crippen LogP contribution in [0.25, 0.3) is 0 Å². The van der Waals surface area contributed by atoms with Crippen molar-refractivity contribution >= 4 is 34.7 Å². The number of ether oxygens (including phenoxy) is 1. The zero-order valence-electron chi connectivity index (χ0n) is 8.88. The summed E-state index contributed by atoms with van der Waals surface area (Å²) in [6.07, 6.45) is 3.52. The summed E-state index contributed by atoms with van der Waals surface area (Å²) in [7, 11) is 0. The van der Waals surface area contributed by atoms with E-state index in [0.29, 0.717) is 6.54 Å². The third kappa shape index (κ3) is 2.22. The van der Waals surface area contributed by atoms with Gasteiger partial charge in [-0.25, -0.2) is 4.68 Å². The molecule has 7 heteroatoms. The third-order valence-corrected chi connectivity index (χ3v) is 5.35. The predicted molar refractivity (Wildman–Crippen MR) is 69.4 cm³/mol. The molecule has 0 amide bonds. The average molecular weight is 288 g/mol. The number of rotatable bonds is 3. The second-order valence-electron chi connectivity index (χ2n) is 3.65. The molecule has 0 radical (unpaired) electrons. The SMILES string of the molecule is Clc1ccc(C2(Cn3ccnn3)OCCS2)s1. The standard InChI is InChI=1S/C10H10ClN3OS2/c11-9-2-1-8(17-9)10(15-5-6-16-10)7-14-4-3-12-13-14/h1-4H,5-7H2. The summed E-state index contributed by atoms with van der Waals surface area (Å²) in [6, 6.07) is 3.94. The van der Waals surface area contributed by atoms with Crippen molar-refractivity contribution in [3.05, 3.63) is 33.7 Å². The normalized spacial score (nSPS) is 24.3. The van der Waals surface area contributed by atoms with Crippen LogP contribution in [0.15, 0.2) is 24.5 Å². The van der Waals surface area contributed by atoms with Crippen LogP contribution in [0.5, 0.6) is 0 Å². The first-order valence-corrected chi connectivity index (χ1v) is 7.34. The molecule has 1 atom stereocenters. The molecule has 1 aliphatic rings. The van der Waals surface area contributed by atoms with Gasteiger partial charge in [0.2, 0.25) is 0 Å². The van der Waals surface area contributed by atoms with Gasteiger partial charge in [-0.15, -0.1) is 28.2 Å². The lowest BCUT2D eigenvalue weighted by atomic mass is 10.3. The molecule has 3 heterocycles. The van der Waals surface area contributed by atoms with E-state index in [9.17, 15) is 0 Å². The lowest BCUT2D eigenvalue weighted by Gasteiger charge is -2.25. The van der Waals surface area contributed by atoms with Crippen LogP contribution in [-0.2, 0) is 16.2 Å². The molecule has 3 rings (SSSR count). The van der Waals surface area contributed by atoms with E-state index in [4.69, 9.17) is 16.3 Å². The predicted octanol–water partition coefficient (Wildman–Crippen LogP) is 2.61. The Hall–Kier alpha value is -0.560. The molecule has 0 saturated carbocycles. The molecule has 1 aliphatic heterocycles. The summed E-state index contributed by atoms with van der Waals surface area (Å²) < 4.78 is 8.52. The Morgan fingerprint density at radius 3 is 3.06 bits per heavy atom. The smallest absolute Gasteiger partial charge is 0.168 e. The topological polar surface area (TPSA) is 39.9 Å². The zero-order chi connectivity index (χ0) is 11.7. The number of hydrogen-bond acceptors (Lipinski definition) is 5. The molecule has 0 bridgehead atoms. The van der Waals surface area contributed by atoms with Gasteiger partial charge in [0.15, 0.2) is 4.93 Å². The van der Waals surface area contributed by atoms with Gasteiger partial charge in [0.25, 0.3) is 0 Å². The minimum atomic E-state index is -0.356. The Labute approximate surface area is 112 Å². The first-order valence-electron chi connectivity index (χ1n) is 5.16. The molecule has 2 aromatic rings. The number of nitrogens with zero attached hydrogens (tertiary/aromatic N) is 3. The van der Waals surface area contributed by atoms with Crippen LogP contribution >= 0.6 is 34.7 Å². The summed E-state index contributed by atoms with van der Waals surface area (Å²) in [6.45, 7) is 1.42. The Balaban J connectivity index is 1.93. The van der Waals surface area contributed by atoms with Crippen LogP contribution in [0, 0.1) is 0 Å². The molecule has 2 aromatic heterocycles. The fraction of sp³-hybridized carbons (Fsp3) is 0.400. The number of halogens is 1. The molecule has 1 unspecified atom stereocenters. The Morgan fingerprint density at radius 1 is 1.53 bits per heavy atom. The maximum absolute atomic E-state index is 6.00. The van der Waals surface area contributed by atoms with E-state index in [1.165, 1.54) is 0 Å². The van der Waals surface area contributed by atoms with Crippen molar-refractivity contribution in [2.24, 2.45) is 0 Å². The van der Waals surface area contributed by atoms with Crippen LogP contribution in [0.2, 0.25) is 4.34 Å². The van der Waals surface area contributed by atoms with E-state index < -0.39 is 0 Å². The second kappa shape index (κ2) is 4.61. The largest absolute Gasteiger partial charge is 0.356 e. The van der Waals surface area contributed by atoms with Gasteiger partial charge in [-0.05, 0) is 12.1 Å². The molecule has 0 spiro atoms. The highest BCUT2D eigenvalue weighted by Gasteiger charge is 2.40. The molecule has 0 aliphatic carbocycles. The summed E-state index contributed by atoms with van der Waals surface area (Å²) in [5, 5.41) is 7.82. The molecule has 90 valence electrons. The van der Waals surface area contributed by atoms with E-state index in [2.05, 4.69) is 10.3 Å². The van der Waals surface area contributed by atoms with E-state index in [0.717, 1.165) is 21.6 Å². The maximum atomic E-state index is 6.00. The van der Waals surface area contributed by atoms with Crippen LogP contribution in [-0.4, -0.2) is 27.4 Å². The first-order chi connectivity index (χ1) is 8.28. The van der Waals surface area contributed by atoms with Crippen molar-refractivity contribution in [3.63, 3.8) is 0 Å². The minimum absolute atomic E-state index is 0.356. The lowest BCUT2D eigenvalue weighted by molar-refractivity contribution is 0.0354. The molecule has 0 N–H and O–H groups in total.